The smallest absolute Gasteiger partial charge is 0.254 e. The van der Waals surface area contributed by atoms with Gasteiger partial charge in [-0.3, -0.25) is 0 Å². The summed E-state index contributed by atoms with van der Waals surface area (Å²) in [4.78, 5) is 12.9. The molecule has 4 rings (SSSR count). The number of hydrogen-bond acceptors (Lipinski definition) is 8. The summed E-state index contributed by atoms with van der Waals surface area (Å²) in [7, 11) is 1.65. The van der Waals surface area contributed by atoms with Gasteiger partial charge in [-0.1, -0.05) is 12.1 Å². The van der Waals surface area contributed by atoms with E-state index in [0.29, 0.717) is 29.6 Å². The Hall–Kier alpha value is -3.55. The predicted molar refractivity (Wildman–Crippen MR) is 96.9 cm³/mol. The van der Waals surface area contributed by atoms with Gasteiger partial charge in [-0.25, -0.2) is 4.98 Å². The van der Waals surface area contributed by atoms with Gasteiger partial charge in [0.05, 0.1) is 18.9 Å². The second-order valence-electron chi connectivity index (χ2n) is 5.64. The molecular formula is C18H17N5O3. The van der Waals surface area contributed by atoms with Crippen molar-refractivity contribution in [3.63, 3.8) is 0 Å². The van der Waals surface area contributed by atoms with Crippen LogP contribution in [-0.2, 0) is 6.42 Å². The number of furan rings is 1. The van der Waals surface area contributed by atoms with E-state index in [-0.39, 0.29) is 5.82 Å². The van der Waals surface area contributed by atoms with Crippen molar-refractivity contribution < 1.29 is 13.6 Å². The van der Waals surface area contributed by atoms with Gasteiger partial charge >= 0.3 is 0 Å². The predicted octanol–water partition coefficient (Wildman–Crippen LogP) is 3.12. The van der Waals surface area contributed by atoms with E-state index in [1.807, 2.05) is 24.3 Å². The molecule has 4 aromatic rings. The number of hydrogen-bond donors (Lipinski definition) is 2. The van der Waals surface area contributed by atoms with Gasteiger partial charge in [0.1, 0.15) is 12.0 Å². The lowest BCUT2D eigenvalue weighted by molar-refractivity contribution is 0.414. The molecule has 0 bridgehead atoms. The molecule has 0 saturated heterocycles. The number of ether oxygens (including phenoxy) is 1. The van der Waals surface area contributed by atoms with E-state index in [1.165, 1.54) is 5.56 Å². The van der Waals surface area contributed by atoms with Crippen molar-refractivity contribution in [3.05, 3.63) is 48.4 Å². The third-order valence-corrected chi connectivity index (χ3v) is 3.91. The molecule has 8 heteroatoms. The number of methoxy groups -OCH3 is 1. The Labute approximate surface area is 149 Å². The molecule has 0 radical (unpaired) electrons. The van der Waals surface area contributed by atoms with Crippen LogP contribution in [0.4, 0.5) is 11.8 Å². The highest BCUT2D eigenvalue weighted by atomic mass is 16.5. The Morgan fingerprint density at radius 2 is 1.96 bits per heavy atom. The van der Waals surface area contributed by atoms with Crippen LogP contribution in [0.1, 0.15) is 5.56 Å². The Morgan fingerprint density at radius 1 is 1.12 bits per heavy atom. The Morgan fingerprint density at radius 3 is 2.69 bits per heavy atom. The summed E-state index contributed by atoms with van der Waals surface area (Å²) in [6, 6.07) is 9.66. The number of nitrogen functional groups attached to an aromatic ring is 1. The number of benzene rings is 1. The number of aromatic nitrogens is 3. The number of nitrogens with one attached hydrogen (secondary N) is 1. The fourth-order valence-electron chi connectivity index (χ4n) is 2.54. The van der Waals surface area contributed by atoms with Gasteiger partial charge in [0, 0.05) is 6.54 Å². The summed E-state index contributed by atoms with van der Waals surface area (Å²) in [5.41, 5.74) is 8.65. The minimum absolute atomic E-state index is 0.264. The molecule has 1 aromatic carbocycles. The molecule has 26 heavy (non-hydrogen) atoms. The average Bonchev–Trinajstić information content (AvgIpc) is 3.32. The van der Waals surface area contributed by atoms with Crippen LogP contribution in [0.15, 0.2) is 51.7 Å². The summed E-state index contributed by atoms with van der Waals surface area (Å²) in [6.07, 6.45) is 3.90. The molecule has 0 unspecified atom stereocenters. The third-order valence-electron chi connectivity index (χ3n) is 3.91. The number of rotatable bonds is 6. The van der Waals surface area contributed by atoms with Crippen LogP contribution in [0.25, 0.3) is 22.7 Å². The minimum atomic E-state index is 0.264. The van der Waals surface area contributed by atoms with Crippen molar-refractivity contribution >= 4 is 23.0 Å². The van der Waals surface area contributed by atoms with Crippen LogP contribution in [0.2, 0.25) is 0 Å². The number of nitrogens with zero attached hydrogens (tertiary/aromatic N) is 3. The third kappa shape index (κ3) is 3.16. The fraction of sp³-hybridized carbons (Fsp3) is 0.167. The Balaban J connectivity index is 1.48. The Bertz CT molecular complexity index is 1010. The lowest BCUT2D eigenvalue weighted by Gasteiger charge is -2.06. The molecule has 0 aliphatic rings. The molecule has 0 atom stereocenters. The van der Waals surface area contributed by atoms with Crippen molar-refractivity contribution in [1.29, 1.82) is 0 Å². The van der Waals surface area contributed by atoms with Crippen LogP contribution >= 0.6 is 0 Å². The summed E-state index contributed by atoms with van der Waals surface area (Å²) in [5, 5.41) is 3.16. The van der Waals surface area contributed by atoms with Gasteiger partial charge in [0.2, 0.25) is 11.8 Å². The van der Waals surface area contributed by atoms with Gasteiger partial charge in [-0.2, -0.15) is 9.97 Å². The van der Waals surface area contributed by atoms with Gasteiger partial charge in [-0.05, 0) is 30.2 Å². The van der Waals surface area contributed by atoms with Crippen LogP contribution in [0.3, 0.4) is 0 Å². The molecule has 0 spiro atoms. The van der Waals surface area contributed by atoms with Gasteiger partial charge in [0.15, 0.2) is 11.3 Å². The topological polar surface area (TPSA) is 112 Å². The van der Waals surface area contributed by atoms with Crippen LogP contribution in [-0.4, -0.2) is 28.6 Å². The Kier molecular flexibility index (Phi) is 4.14. The second kappa shape index (κ2) is 6.75. The quantitative estimate of drug-likeness (QED) is 0.545. The molecule has 3 N–H and O–H groups in total. The molecule has 3 heterocycles. The SMILES string of the molecule is COc1ccc(CCNc2nc(N)c3nc(-c4ccoc4)oc3n2)cc1. The van der Waals surface area contributed by atoms with Crippen molar-refractivity contribution in [2.75, 3.05) is 24.7 Å². The molecular weight excluding hydrogens is 334 g/mol. The van der Waals surface area contributed by atoms with E-state index in [9.17, 15) is 0 Å². The van der Waals surface area contributed by atoms with Gasteiger partial charge in [-0.15, -0.1) is 0 Å². The molecule has 132 valence electrons. The lowest BCUT2D eigenvalue weighted by Crippen LogP contribution is -2.09. The molecule has 0 aliphatic carbocycles. The summed E-state index contributed by atoms with van der Waals surface area (Å²) in [5.74, 6) is 1.89. The van der Waals surface area contributed by atoms with Crippen molar-refractivity contribution in [2.24, 2.45) is 0 Å². The first kappa shape index (κ1) is 15.9. The fourth-order valence-corrected chi connectivity index (χ4v) is 2.54. The molecule has 3 aromatic heterocycles. The van der Waals surface area contributed by atoms with Crippen molar-refractivity contribution in [3.8, 4) is 17.2 Å². The lowest BCUT2D eigenvalue weighted by atomic mass is 10.1. The summed E-state index contributed by atoms with van der Waals surface area (Å²) >= 11 is 0. The van der Waals surface area contributed by atoms with Gasteiger partial charge < -0.3 is 24.6 Å². The first-order chi connectivity index (χ1) is 12.7. The van der Waals surface area contributed by atoms with E-state index >= 15 is 0 Å². The molecule has 0 fully saturated rings. The normalized spacial score (nSPS) is 11.0. The highest BCUT2D eigenvalue weighted by Gasteiger charge is 2.15. The van der Waals surface area contributed by atoms with Crippen molar-refractivity contribution in [2.45, 2.75) is 6.42 Å². The highest BCUT2D eigenvalue weighted by molar-refractivity contribution is 5.83. The van der Waals surface area contributed by atoms with E-state index in [0.717, 1.165) is 17.7 Å². The number of nitrogens with two attached hydrogens (primary N) is 1. The first-order valence-corrected chi connectivity index (χ1v) is 8.06. The molecule has 0 aliphatic heterocycles. The monoisotopic (exact) mass is 351 g/mol. The van der Waals surface area contributed by atoms with E-state index in [4.69, 9.17) is 19.3 Å². The number of anilines is 2. The zero-order valence-electron chi connectivity index (χ0n) is 14.1. The average molecular weight is 351 g/mol. The maximum absolute atomic E-state index is 5.99. The summed E-state index contributed by atoms with van der Waals surface area (Å²) in [6.45, 7) is 0.653. The van der Waals surface area contributed by atoms with E-state index < -0.39 is 0 Å². The molecule has 0 amide bonds. The maximum Gasteiger partial charge on any atom is 0.254 e. The largest absolute Gasteiger partial charge is 0.497 e. The van der Waals surface area contributed by atoms with Gasteiger partial charge in [0.25, 0.3) is 5.71 Å². The van der Waals surface area contributed by atoms with Crippen LogP contribution in [0, 0.1) is 0 Å². The second-order valence-corrected chi connectivity index (χ2v) is 5.64. The van der Waals surface area contributed by atoms with Crippen LogP contribution in [0.5, 0.6) is 5.75 Å². The highest BCUT2D eigenvalue weighted by Crippen LogP contribution is 2.26. The molecule has 0 saturated carbocycles. The van der Waals surface area contributed by atoms with E-state index in [1.54, 1.807) is 25.7 Å². The first-order valence-electron chi connectivity index (χ1n) is 8.06. The zero-order valence-corrected chi connectivity index (χ0v) is 14.1. The summed E-state index contributed by atoms with van der Waals surface area (Å²) < 4.78 is 15.9. The standard InChI is InChI=1S/C18H17N5O3/c1-24-13-4-2-11(3-5-13)6-8-20-18-22-15(19)14-17(23-18)26-16(21-14)12-7-9-25-10-12/h2-5,7,9-10H,6,8H2,1H3,(H3,19,20,22,23). The van der Waals surface area contributed by atoms with Crippen molar-refractivity contribution in [1.82, 2.24) is 15.0 Å². The minimum Gasteiger partial charge on any atom is -0.497 e. The number of fused-ring (bicyclic) bond motifs is 1. The van der Waals surface area contributed by atoms with Crippen LogP contribution < -0.4 is 15.8 Å². The maximum atomic E-state index is 5.99. The molecule has 8 nitrogen and oxygen atoms in total. The van der Waals surface area contributed by atoms with E-state index in [2.05, 4.69) is 20.3 Å². The number of oxazole rings is 1. The zero-order chi connectivity index (χ0) is 17.9.